The van der Waals surface area contributed by atoms with Crippen LogP contribution < -0.4 is 10.1 Å². The quantitative estimate of drug-likeness (QED) is 0.685. The van der Waals surface area contributed by atoms with Crippen LogP contribution in [0.15, 0.2) is 66.4 Å². The molecule has 25 heavy (non-hydrogen) atoms. The van der Waals surface area contributed by atoms with Crippen LogP contribution in [0.25, 0.3) is 0 Å². The van der Waals surface area contributed by atoms with Gasteiger partial charge in [0.1, 0.15) is 11.5 Å². The van der Waals surface area contributed by atoms with Crippen molar-refractivity contribution in [1.82, 2.24) is 0 Å². The van der Waals surface area contributed by atoms with Crippen LogP contribution >= 0.6 is 0 Å². The fraction of sp³-hybridized carbons (Fsp3) is 0.105. The fourth-order valence-corrected chi connectivity index (χ4v) is 2.27. The second-order valence-corrected chi connectivity index (χ2v) is 5.41. The number of anilines is 1. The molecule has 0 aliphatic carbocycles. The van der Waals surface area contributed by atoms with Crippen molar-refractivity contribution in [3.05, 3.63) is 66.4 Å². The summed E-state index contributed by atoms with van der Waals surface area (Å²) in [6.45, 7) is 1.51. The van der Waals surface area contributed by atoms with Crippen molar-refractivity contribution < 1.29 is 23.9 Å². The summed E-state index contributed by atoms with van der Waals surface area (Å²) in [6, 6.07) is 15.9. The highest BCUT2D eigenvalue weighted by molar-refractivity contribution is 6.47. The predicted molar refractivity (Wildman–Crippen MR) is 90.2 cm³/mol. The van der Waals surface area contributed by atoms with Gasteiger partial charge < -0.3 is 14.8 Å². The monoisotopic (exact) mass is 337 g/mol. The fourth-order valence-electron chi connectivity index (χ4n) is 2.27. The zero-order valence-electron chi connectivity index (χ0n) is 13.4. The van der Waals surface area contributed by atoms with Gasteiger partial charge in [0.05, 0.1) is 5.76 Å². The van der Waals surface area contributed by atoms with Crippen molar-refractivity contribution in [3.8, 4) is 11.5 Å². The largest absolute Gasteiger partial charge is 0.477 e. The summed E-state index contributed by atoms with van der Waals surface area (Å²) in [4.78, 5) is 35.4. The van der Waals surface area contributed by atoms with Crippen LogP contribution in [0.1, 0.15) is 6.92 Å². The Morgan fingerprint density at radius 3 is 2.32 bits per heavy atom. The smallest absolute Gasteiger partial charge is 0.273 e. The predicted octanol–water partition coefficient (Wildman–Crippen LogP) is 2.86. The first kappa shape index (κ1) is 16.4. The minimum absolute atomic E-state index is 0.233. The number of Topliss-reactive ketones (excluding diaryl/α,β-unsaturated/α-hetero) is 1. The first-order valence-electron chi connectivity index (χ1n) is 7.60. The summed E-state index contributed by atoms with van der Waals surface area (Å²) in [6.07, 6.45) is -0.389. The average Bonchev–Trinajstić information content (AvgIpc) is 2.60. The molecule has 1 aliphatic rings. The van der Waals surface area contributed by atoms with Crippen LogP contribution in [-0.4, -0.2) is 23.6 Å². The lowest BCUT2D eigenvalue weighted by atomic mass is 10.1. The Kier molecular flexibility index (Phi) is 4.61. The van der Waals surface area contributed by atoms with Crippen molar-refractivity contribution in [2.75, 3.05) is 5.32 Å². The second-order valence-electron chi connectivity index (χ2n) is 5.41. The maximum atomic E-state index is 12.2. The molecule has 0 radical (unpaired) electrons. The Bertz CT molecular complexity index is 840. The van der Waals surface area contributed by atoms with Crippen molar-refractivity contribution >= 4 is 23.2 Å². The first-order valence-corrected chi connectivity index (χ1v) is 7.60. The molecule has 1 amide bonds. The highest BCUT2D eigenvalue weighted by atomic mass is 16.5. The van der Waals surface area contributed by atoms with Gasteiger partial charge >= 0.3 is 0 Å². The van der Waals surface area contributed by atoms with Gasteiger partial charge in [0, 0.05) is 11.8 Å². The molecular formula is C19H15NO5. The van der Waals surface area contributed by atoms with Gasteiger partial charge in [-0.2, -0.15) is 0 Å². The second kappa shape index (κ2) is 7.00. The van der Waals surface area contributed by atoms with E-state index >= 15 is 0 Å². The number of ether oxygens (including phenoxy) is 2. The van der Waals surface area contributed by atoms with E-state index in [-0.39, 0.29) is 5.76 Å². The van der Waals surface area contributed by atoms with Crippen molar-refractivity contribution in [1.29, 1.82) is 0 Å². The van der Waals surface area contributed by atoms with Gasteiger partial charge in [-0.05, 0) is 43.3 Å². The summed E-state index contributed by atoms with van der Waals surface area (Å²) in [5.41, 5.74) is 0.460. The molecule has 0 bridgehead atoms. The third-order valence-electron chi connectivity index (χ3n) is 3.46. The molecule has 0 aromatic heterocycles. The maximum absolute atomic E-state index is 12.2. The van der Waals surface area contributed by atoms with E-state index in [1.807, 2.05) is 30.3 Å². The Morgan fingerprint density at radius 1 is 1.00 bits per heavy atom. The first-order chi connectivity index (χ1) is 12.0. The van der Waals surface area contributed by atoms with Gasteiger partial charge in [-0.15, -0.1) is 0 Å². The van der Waals surface area contributed by atoms with Crippen molar-refractivity contribution in [3.63, 3.8) is 0 Å². The van der Waals surface area contributed by atoms with E-state index in [1.54, 1.807) is 24.3 Å². The lowest BCUT2D eigenvalue weighted by Crippen LogP contribution is -2.42. The van der Waals surface area contributed by atoms with Gasteiger partial charge in [0.15, 0.2) is 0 Å². The number of allylic oxidation sites excluding steroid dienone is 2. The number of para-hydroxylation sites is 1. The minimum atomic E-state index is -1.46. The zero-order chi connectivity index (χ0) is 17.8. The Morgan fingerprint density at radius 2 is 1.64 bits per heavy atom. The molecular weight excluding hydrogens is 322 g/mol. The molecule has 1 heterocycles. The van der Waals surface area contributed by atoms with Gasteiger partial charge in [-0.3, -0.25) is 14.4 Å². The lowest BCUT2D eigenvalue weighted by Gasteiger charge is -2.20. The van der Waals surface area contributed by atoms with E-state index in [2.05, 4.69) is 5.32 Å². The summed E-state index contributed by atoms with van der Waals surface area (Å²) in [7, 11) is 0. The third-order valence-corrected chi connectivity index (χ3v) is 3.46. The van der Waals surface area contributed by atoms with Crippen LogP contribution in [0.2, 0.25) is 0 Å². The third kappa shape index (κ3) is 3.92. The number of ketones is 2. The Hall–Kier alpha value is -3.41. The van der Waals surface area contributed by atoms with Crippen LogP contribution in [0, 0.1) is 0 Å². The molecule has 1 aliphatic heterocycles. The highest BCUT2D eigenvalue weighted by Gasteiger charge is 2.36. The van der Waals surface area contributed by atoms with E-state index in [0.29, 0.717) is 17.2 Å². The molecule has 2 aromatic carbocycles. The highest BCUT2D eigenvalue weighted by Crippen LogP contribution is 2.23. The average molecular weight is 337 g/mol. The number of benzene rings is 2. The van der Waals surface area contributed by atoms with Gasteiger partial charge in [0.25, 0.3) is 11.7 Å². The normalized spacial score (nSPS) is 16.7. The molecule has 0 spiro atoms. The molecule has 0 saturated carbocycles. The summed E-state index contributed by atoms with van der Waals surface area (Å²) in [5.74, 6) is -0.786. The minimum Gasteiger partial charge on any atom is -0.477 e. The number of nitrogens with one attached hydrogen (secondary N) is 1. The number of hydrogen-bond donors (Lipinski definition) is 1. The molecule has 0 saturated heterocycles. The van der Waals surface area contributed by atoms with E-state index < -0.39 is 23.6 Å². The number of amides is 1. The lowest BCUT2D eigenvalue weighted by molar-refractivity contribution is -0.146. The molecule has 2 aromatic rings. The van der Waals surface area contributed by atoms with Gasteiger partial charge in [-0.1, -0.05) is 18.2 Å². The molecule has 0 fully saturated rings. The van der Waals surface area contributed by atoms with E-state index in [4.69, 9.17) is 9.47 Å². The zero-order valence-corrected chi connectivity index (χ0v) is 13.4. The summed E-state index contributed by atoms with van der Waals surface area (Å²) in [5, 5.41) is 2.55. The molecule has 1 N–H and O–H groups in total. The van der Waals surface area contributed by atoms with Crippen LogP contribution in [-0.2, 0) is 19.1 Å². The van der Waals surface area contributed by atoms with Gasteiger partial charge in [0.2, 0.25) is 11.9 Å². The molecule has 126 valence electrons. The number of hydrogen-bond acceptors (Lipinski definition) is 5. The summed E-state index contributed by atoms with van der Waals surface area (Å²) < 4.78 is 10.8. The maximum Gasteiger partial charge on any atom is 0.273 e. The van der Waals surface area contributed by atoms with Crippen LogP contribution in [0.5, 0.6) is 11.5 Å². The number of carbonyl (C=O) groups is 3. The van der Waals surface area contributed by atoms with E-state index in [9.17, 15) is 14.4 Å². The molecule has 3 rings (SSSR count). The Labute approximate surface area is 144 Å². The van der Waals surface area contributed by atoms with Crippen LogP contribution in [0.3, 0.4) is 0 Å². The molecule has 6 heteroatoms. The van der Waals surface area contributed by atoms with Crippen LogP contribution in [0.4, 0.5) is 5.69 Å². The van der Waals surface area contributed by atoms with E-state index in [1.165, 1.54) is 6.92 Å². The SMILES string of the molecule is CC1=CC(=O)C(=O)C(C(=O)Nc2ccc(Oc3ccccc3)cc2)O1. The Balaban J connectivity index is 1.65. The standard InChI is InChI=1S/C19H15NO5/c1-12-11-16(21)17(22)18(24-12)19(23)20-13-7-9-15(10-8-13)25-14-5-3-2-4-6-14/h2-11,18H,1H3,(H,20,23). The van der Waals surface area contributed by atoms with Crippen molar-refractivity contribution in [2.24, 2.45) is 0 Å². The van der Waals surface area contributed by atoms with E-state index in [0.717, 1.165) is 6.08 Å². The number of carbonyl (C=O) groups excluding carboxylic acids is 3. The van der Waals surface area contributed by atoms with Gasteiger partial charge in [-0.25, -0.2) is 0 Å². The van der Waals surface area contributed by atoms with Crippen molar-refractivity contribution in [2.45, 2.75) is 13.0 Å². The summed E-state index contributed by atoms with van der Waals surface area (Å²) >= 11 is 0. The molecule has 1 unspecified atom stereocenters. The number of rotatable bonds is 4. The topological polar surface area (TPSA) is 81.7 Å². The molecule has 6 nitrogen and oxygen atoms in total. The molecule has 1 atom stereocenters.